The highest BCUT2D eigenvalue weighted by Crippen LogP contribution is 2.30. The lowest BCUT2D eigenvalue weighted by Crippen LogP contribution is -2.52. The van der Waals surface area contributed by atoms with E-state index in [9.17, 15) is 13.5 Å². The molecule has 1 atom stereocenters. The van der Waals surface area contributed by atoms with E-state index >= 15 is 0 Å². The summed E-state index contributed by atoms with van der Waals surface area (Å²) in [6, 6.07) is -0.312. The van der Waals surface area contributed by atoms with Crippen molar-refractivity contribution >= 4 is 10.2 Å². The molecule has 1 aliphatic heterocycles. The van der Waals surface area contributed by atoms with Gasteiger partial charge in [-0.05, 0) is 26.7 Å². The van der Waals surface area contributed by atoms with Crippen molar-refractivity contribution in [3.63, 3.8) is 0 Å². The van der Waals surface area contributed by atoms with Gasteiger partial charge in [0.1, 0.15) is 0 Å². The van der Waals surface area contributed by atoms with Gasteiger partial charge in [-0.25, -0.2) is 0 Å². The maximum atomic E-state index is 12.4. The summed E-state index contributed by atoms with van der Waals surface area (Å²) in [6.07, 6.45) is 1.54. The number of rotatable bonds is 5. The highest BCUT2D eigenvalue weighted by Gasteiger charge is 2.43. The van der Waals surface area contributed by atoms with Crippen molar-refractivity contribution in [2.24, 2.45) is 0 Å². The molecule has 1 saturated heterocycles. The smallest absolute Gasteiger partial charge is 0.282 e. The molecule has 0 amide bonds. The van der Waals surface area contributed by atoms with Gasteiger partial charge in [-0.3, -0.25) is 0 Å². The Morgan fingerprint density at radius 3 is 2.29 bits per heavy atom. The Hall–Kier alpha value is -0.170. The minimum Gasteiger partial charge on any atom is -0.389 e. The Balaban J connectivity index is 2.99. The lowest BCUT2D eigenvalue weighted by molar-refractivity contribution is 0.0200. The first-order chi connectivity index (χ1) is 7.75. The molecule has 0 aliphatic carbocycles. The molecule has 102 valence electrons. The summed E-state index contributed by atoms with van der Waals surface area (Å²) in [6.45, 7) is 8.45. The van der Waals surface area contributed by atoms with Crippen LogP contribution in [0.25, 0.3) is 0 Å². The summed E-state index contributed by atoms with van der Waals surface area (Å²) in [5, 5.41) is 10.1. The largest absolute Gasteiger partial charge is 0.389 e. The van der Waals surface area contributed by atoms with Crippen LogP contribution in [0.5, 0.6) is 0 Å². The van der Waals surface area contributed by atoms with Gasteiger partial charge in [0, 0.05) is 19.6 Å². The van der Waals surface area contributed by atoms with Gasteiger partial charge in [-0.15, -0.1) is 0 Å². The molecule has 0 saturated carbocycles. The molecular weight excluding hydrogens is 240 g/mol. The predicted octanol–water partition coefficient (Wildman–Crippen LogP) is 0.808. The van der Waals surface area contributed by atoms with Crippen molar-refractivity contribution < 1.29 is 13.5 Å². The summed E-state index contributed by atoms with van der Waals surface area (Å²) < 4.78 is 27.7. The normalized spacial score (nSPS) is 23.5. The molecule has 1 aliphatic rings. The van der Waals surface area contributed by atoms with E-state index in [0.29, 0.717) is 19.6 Å². The van der Waals surface area contributed by atoms with Crippen LogP contribution in [0.2, 0.25) is 0 Å². The fourth-order valence-electron chi connectivity index (χ4n) is 2.42. The highest BCUT2D eigenvalue weighted by molar-refractivity contribution is 7.86. The lowest BCUT2D eigenvalue weighted by atomic mass is 9.98. The summed E-state index contributed by atoms with van der Waals surface area (Å²) in [5.74, 6) is 0. The molecule has 0 aromatic carbocycles. The predicted molar refractivity (Wildman–Crippen MR) is 67.9 cm³/mol. The molecule has 17 heavy (non-hydrogen) atoms. The van der Waals surface area contributed by atoms with Crippen molar-refractivity contribution in [3.8, 4) is 0 Å². The topological polar surface area (TPSA) is 60.9 Å². The Kier molecular flexibility index (Phi) is 4.57. The molecule has 1 unspecified atom stereocenters. The van der Waals surface area contributed by atoms with Crippen molar-refractivity contribution in [3.05, 3.63) is 0 Å². The van der Waals surface area contributed by atoms with Crippen LogP contribution in [0.3, 0.4) is 0 Å². The van der Waals surface area contributed by atoms with Gasteiger partial charge in [0.25, 0.3) is 10.2 Å². The highest BCUT2D eigenvalue weighted by atomic mass is 32.2. The molecule has 0 spiro atoms. The lowest BCUT2D eigenvalue weighted by Gasteiger charge is -2.35. The van der Waals surface area contributed by atoms with Crippen molar-refractivity contribution in [2.45, 2.75) is 52.2 Å². The first kappa shape index (κ1) is 14.9. The second-order valence-corrected chi connectivity index (χ2v) is 6.90. The summed E-state index contributed by atoms with van der Waals surface area (Å²) >= 11 is 0. The van der Waals surface area contributed by atoms with Crippen LogP contribution < -0.4 is 0 Å². The second-order valence-electron chi connectivity index (χ2n) is 5.01. The van der Waals surface area contributed by atoms with E-state index in [2.05, 4.69) is 0 Å². The van der Waals surface area contributed by atoms with E-state index in [1.165, 1.54) is 8.61 Å². The summed E-state index contributed by atoms with van der Waals surface area (Å²) in [4.78, 5) is 0. The molecule has 6 heteroatoms. The maximum Gasteiger partial charge on any atom is 0.282 e. The van der Waals surface area contributed by atoms with Gasteiger partial charge < -0.3 is 5.11 Å². The molecule has 1 rings (SSSR count). The molecule has 1 heterocycles. The van der Waals surface area contributed by atoms with Crippen LogP contribution in [0.4, 0.5) is 0 Å². The zero-order valence-electron chi connectivity index (χ0n) is 11.2. The number of hydrogen-bond donors (Lipinski definition) is 1. The molecule has 0 aromatic heterocycles. The van der Waals surface area contributed by atoms with Gasteiger partial charge in [0.05, 0.1) is 11.6 Å². The van der Waals surface area contributed by atoms with Crippen LogP contribution in [0, 0.1) is 0 Å². The van der Waals surface area contributed by atoms with Crippen LogP contribution in [-0.4, -0.2) is 53.4 Å². The summed E-state index contributed by atoms with van der Waals surface area (Å²) in [7, 11) is -3.43. The quantitative estimate of drug-likeness (QED) is 0.799. The number of nitrogens with zero attached hydrogens (tertiary/aromatic N) is 2. The third-order valence-electron chi connectivity index (χ3n) is 3.35. The minimum absolute atomic E-state index is 0.312. The number of hydrogen-bond acceptors (Lipinski definition) is 3. The fraction of sp³-hybridized carbons (Fsp3) is 1.00. The molecule has 0 bridgehead atoms. The Morgan fingerprint density at radius 1 is 1.35 bits per heavy atom. The van der Waals surface area contributed by atoms with E-state index in [-0.39, 0.29) is 6.04 Å². The Morgan fingerprint density at radius 2 is 1.88 bits per heavy atom. The van der Waals surface area contributed by atoms with E-state index < -0.39 is 15.8 Å². The standard InChI is InChI=1S/C11H24N2O3S/c1-5-12(6-2)17(15,16)13-9-7-8-10(13)11(3,4)14/h10,14H,5-9H2,1-4H3. The van der Waals surface area contributed by atoms with Crippen molar-refractivity contribution in [1.82, 2.24) is 8.61 Å². The van der Waals surface area contributed by atoms with Crippen LogP contribution in [-0.2, 0) is 10.2 Å². The minimum atomic E-state index is -3.43. The summed E-state index contributed by atoms with van der Waals surface area (Å²) in [5.41, 5.74) is -0.989. The molecule has 5 nitrogen and oxygen atoms in total. The average Bonchev–Trinajstić information content (AvgIpc) is 2.67. The molecule has 0 radical (unpaired) electrons. The van der Waals surface area contributed by atoms with Gasteiger partial charge in [0.15, 0.2) is 0 Å². The maximum absolute atomic E-state index is 12.4. The van der Waals surface area contributed by atoms with Gasteiger partial charge in [-0.1, -0.05) is 13.8 Å². The van der Waals surface area contributed by atoms with Gasteiger partial charge in [0.2, 0.25) is 0 Å². The SMILES string of the molecule is CCN(CC)S(=O)(=O)N1CCCC1C(C)(C)O. The zero-order chi connectivity index (χ0) is 13.3. The monoisotopic (exact) mass is 264 g/mol. The van der Waals surface area contributed by atoms with E-state index in [1.54, 1.807) is 13.8 Å². The average molecular weight is 264 g/mol. The van der Waals surface area contributed by atoms with Crippen LogP contribution >= 0.6 is 0 Å². The molecule has 1 fully saturated rings. The molecular formula is C11H24N2O3S. The van der Waals surface area contributed by atoms with Crippen LogP contribution in [0.15, 0.2) is 0 Å². The third-order valence-corrected chi connectivity index (χ3v) is 5.55. The van der Waals surface area contributed by atoms with Crippen LogP contribution in [0.1, 0.15) is 40.5 Å². The second kappa shape index (κ2) is 5.22. The Bertz CT molecular complexity index is 344. The van der Waals surface area contributed by atoms with E-state index in [4.69, 9.17) is 0 Å². The van der Waals surface area contributed by atoms with Gasteiger partial charge in [-0.2, -0.15) is 17.0 Å². The van der Waals surface area contributed by atoms with Crippen molar-refractivity contribution in [1.29, 1.82) is 0 Å². The zero-order valence-corrected chi connectivity index (χ0v) is 12.0. The fourth-order valence-corrected chi connectivity index (χ4v) is 4.41. The first-order valence-corrected chi connectivity index (χ1v) is 7.64. The third kappa shape index (κ3) is 2.99. The first-order valence-electron chi connectivity index (χ1n) is 6.24. The van der Waals surface area contributed by atoms with E-state index in [1.807, 2.05) is 13.8 Å². The van der Waals surface area contributed by atoms with Gasteiger partial charge >= 0.3 is 0 Å². The number of aliphatic hydroxyl groups is 1. The molecule has 0 aromatic rings. The molecule has 1 N–H and O–H groups in total. The van der Waals surface area contributed by atoms with E-state index in [0.717, 1.165) is 12.8 Å². The Labute approximate surface area is 105 Å². The van der Waals surface area contributed by atoms with Crippen molar-refractivity contribution in [2.75, 3.05) is 19.6 Å².